The van der Waals surface area contributed by atoms with Crippen molar-refractivity contribution in [1.82, 2.24) is 0 Å². The maximum absolute atomic E-state index is 10.3. The second-order valence-electron chi connectivity index (χ2n) is 5.18. The molecule has 0 atom stereocenters. The third-order valence-corrected chi connectivity index (χ3v) is 3.22. The third kappa shape index (κ3) is 3.83. The molecule has 0 radical (unpaired) electrons. The summed E-state index contributed by atoms with van der Waals surface area (Å²) in [5, 5.41) is 10.8. The first-order valence-electron chi connectivity index (χ1n) is 6.33. The van der Waals surface area contributed by atoms with Crippen LogP contribution >= 0.6 is 11.6 Å². The molecular weight excluding hydrogens is 268 g/mol. The van der Waals surface area contributed by atoms with Crippen molar-refractivity contribution in [2.45, 2.75) is 25.7 Å². The first-order valence-corrected chi connectivity index (χ1v) is 6.71. The van der Waals surface area contributed by atoms with Gasteiger partial charge in [0.25, 0.3) is 0 Å². The Morgan fingerprint density at radius 1 is 1.37 bits per heavy atom. The van der Waals surface area contributed by atoms with Gasteiger partial charge in [0.2, 0.25) is 0 Å². The van der Waals surface area contributed by atoms with Crippen molar-refractivity contribution in [3.05, 3.63) is 29.3 Å². The zero-order chi connectivity index (χ0) is 13.9. The van der Waals surface area contributed by atoms with E-state index in [1.807, 2.05) is 26.0 Å². The maximum Gasteiger partial charge on any atom is 0.160 e. The molecule has 0 spiro atoms. The van der Waals surface area contributed by atoms with Crippen molar-refractivity contribution in [1.29, 1.82) is 0 Å². The third-order valence-electron chi connectivity index (χ3n) is 2.91. The molecule has 1 fully saturated rings. The van der Waals surface area contributed by atoms with Crippen LogP contribution in [0.5, 0.6) is 5.75 Å². The summed E-state index contributed by atoms with van der Waals surface area (Å²) in [7, 11) is 0. The molecule has 1 heterocycles. The maximum atomic E-state index is 10.3. The highest BCUT2D eigenvalue weighted by molar-refractivity contribution is 6.32. The molecule has 0 bridgehead atoms. The van der Waals surface area contributed by atoms with Gasteiger partial charge in [0, 0.05) is 5.92 Å². The van der Waals surface area contributed by atoms with E-state index in [-0.39, 0.29) is 32.0 Å². The van der Waals surface area contributed by atoms with Crippen LogP contribution in [0, 0.1) is 5.92 Å². The van der Waals surface area contributed by atoms with Crippen LogP contribution < -0.4 is 4.74 Å². The quantitative estimate of drug-likeness (QED) is 0.924. The van der Waals surface area contributed by atoms with Crippen molar-refractivity contribution in [3.63, 3.8) is 0 Å². The molecule has 0 amide bonds. The minimum absolute atomic E-state index is 0.0849. The van der Waals surface area contributed by atoms with E-state index in [0.717, 1.165) is 0 Å². The van der Waals surface area contributed by atoms with E-state index in [4.69, 9.17) is 25.8 Å². The highest BCUT2D eigenvalue weighted by Crippen LogP contribution is 2.26. The Hall–Kier alpha value is -0.810. The molecule has 1 aliphatic heterocycles. The molecule has 106 valence electrons. The van der Waals surface area contributed by atoms with E-state index in [9.17, 15) is 5.11 Å². The van der Waals surface area contributed by atoms with Gasteiger partial charge >= 0.3 is 0 Å². The molecule has 2 rings (SSSR count). The number of benzene rings is 1. The van der Waals surface area contributed by atoms with Crippen LogP contribution in [-0.4, -0.2) is 36.8 Å². The lowest BCUT2D eigenvalue weighted by Crippen LogP contribution is -2.52. The molecule has 0 aliphatic carbocycles. The first kappa shape index (κ1) is 14.6. The first-order chi connectivity index (χ1) is 9.00. The fourth-order valence-electron chi connectivity index (χ4n) is 1.81. The Labute approximate surface area is 118 Å². The predicted molar refractivity (Wildman–Crippen MR) is 72.4 cm³/mol. The standard InChI is InChI=1S/C14H19ClO4/c1-10(2)13-18-8-14(16,9-19-13)7-17-12-6-4-3-5-11(12)15/h3-6,10,13,16H,7-9H2,1-2H3. The van der Waals surface area contributed by atoms with E-state index in [1.54, 1.807) is 12.1 Å². The smallest absolute Gasteiger partial charge is 0.160 e. The van der Waals surface area contributed by atoms with Crippen LogP contribution in [0.3, 0.4) is 0 Å². The van der Waals surface area contributed by atoms with Crippen LogP contribution in [-0.2, 0) is 9.47 Å². The second kappa shape index (κ2) is 6.09. The average Bonchev–Trinajstić information content (AvgIpc) is 2.38. The van der Waals surface area contributed by atoms with Gasteiger partial charge < -0.3 is 19.3 Å². The van der Waals surface area contributed by atoms with Crippen molar-refractivity contribution in [2.75, 3.05) is 19.8 Å². The van der Waals surface area contributed by atoms with Gasteiger partial charge in [0.15, 0.2) is 6.29 Å². The average molecular weight is 287 g/mol. The summed E-state index contributed by atoms with van der Waals surface area (Å²) in [5.74, 6) is 0.803. The van der Waals surface area contributed by atoms with Crippen molar-refractivity contribution in [3.8, 4) is 5.75 Å². The van der Waals surface area contributed by atoms with E-state index >= 15 is 0 Å². The highest BCUT2D eigenvalue weighted by Gasteiger charge is 2.36. The van der Waals surface area contributed by atoms with E-state index in [1.165, 1.54) is 0 Å². The minimum Gasteiger partial charge on any atom is -0.489 e. The summed E-state index contributed by atoms with van der Waals surface area (Å²) in [6.07, 6.45) is -0.263. The molecule has 1 N–H and O–H groups in total. The van der Waals surface area contributed by atoms with Crippen LogP contribution in [0.2, 0.25) is 5.02 Å². The molecule has 0 aromatic heterocycles. The number of halogens is 1. The molecule has 1 aliphatic rings. The summed E-state index contributed by atoms with van der Waals surface area (Å²) < 4.78 is 16.5. The van der Waals surface area contributed by atoms with E-state index in [0.29, 0.717) is 10.8 Å². The van der Waals surface area contributed by atoms with Gasteiger partial charge in [-0.3, -0.25) is 0 Å². The van der Waals surface area contributed by atoms with Gasteiger partial charge in [-0.2, -0.15) is 0 Å². The normalized spacial score (nSPS) is 27.5. The molecule has 5 heteroatoms. The number of hydrogen-bond donors (Lipinski definition) is 1. The van der Waals surface area contributed by atoms with Gasteiger partial charge in [0.05, 0.1) is 18.2 Å². The van der Waals surface area contributed by atoms with E-state index in [2.05, 4.69) is 0 Å². The lowest BCUT2D eigenvalue weighted by molar-refractivity contribution is -0.270. The van der Waals surface area contributed by atoms with Gasteiger partial charge in [-0.15, -0.1) is 0 Å². The Kier molecular flexibility index (Phi) is 4.68. The number of ether oxygens (including phenoxy) is 3. The SMILES string of the molecule is CC(C)C1OCC(O)(COc2ccccc2Cl)CO1. The van der Waals surface area contributed by atoms with Gasteiger partial charge in [0.1, 0.15) is 18.0 Å². The van der Waals surface area contributed by atoms with Gasteiger partial charge in [-0.1, -0.05) is 37.6 Å². The lowest BCUT2D eigenvalue weighted by Gasteiger charge is -2.37. The zero-order valence-electron chi connectivity index (χ0n) is 11.1. The van der Waals surface area contributed by atoms with E-state index < -0.39 is 5.60 Å². The molecular formula is C14H19ClO4. The molecule has 1 saturated heterocycles. The lowest BCUT2D eigenvalue weighted by atomic mass is 10.1. The minimum atomic E-state index is -1.13. The molecule has 0 unspecified atom stereocenters. The second-order valence-corrected chi connectivity index (χ2v) is 5.59. The number of hydrogen-bond acceptors (Lipinski definition) is 4. The predicted octanol–water partition coefficient (Wildman–Crippen LogP) is 2.48. The summed E-state index contributed by atoms with van der Waals surface area (Å²) in [6.45, 7) is 4.49. The van der Waals surface area contributed by atoms with Crippen LogP contribution in [0.15, 0.2) is 24.3 Å². The Morgan fingerprint density at radius 3 is 2.58 bits per heavy atom. The molecule has 0 saturated carbocycles. The molecule has 1 aromatic rings. The summed E-state index contributed by atoms with van der Waals surface area (Å²) in [6, 6.07) is 7.15. The fraction of sp³-hybridized carbons (Fsp3) is 0.571. The van der Waals surface area contributed by atoms with Crippen molar-refractivity contribution < 1.29 is 19.3 Å². The largest absolute Gasteiger partial charge is 0.489 e. The molecule has 1 aromatic carbocycles. The van der Waals surface area contributed by atoms with Gasteiger partial charge in [-0.25, -0.2) is 0 Å². The summed E-state index contributed by atoms with van der Waals surface area (Å²) in [4.78, 5) is 0. The van der Waals surface area contributed by atoms with Crippen molar-refractivity contribution >= 4 is 11.6 Å². The Bertz CT molecular complexity index is 414. The number of aliphatic hydroxyl groups is 1. The fourth-order valence-corrected chi connectivity index (χ4v) is 2.00. The topological polar surface area (TPSA) is 47.9 Å². The van der Waals surface area contributed by atoms with Crippen LogP contribution in [0.1, 0.15) is 13.8 Å². The Balaban J connectivity index is 1.88. The van der Waals surface area contributed by atoms with Crippen LogP contribution in [0.4, 0.5) is 0 Å². The van der Waals surface area contributed by atoms with Crippen molar-refractivity contribution in [2.24, 2.45) is 5.92 Å². The Morgan fingerprint density at radius 2 is 2.00 bits per heavy atom. The highest BCUT2D eigenvalue weighted by atomic mass is 35.5. The van der Waals surface area contributed by atoms with Crippen LogP contribution in [0.25, 0.3) is 0 Å². The zero-order valence-corrected chi connectivity index (χ0v) is 11.9. The van der Waals surface area contributed by atoms with Gasteiger partial charge in [-0.05, 0) is 12.1 Å². The number of para-hydroxylation sites is 1. The monoisotopic (exact) mass is 286 g/mol. The summed E-state index contributed by atoms with van der Waals surface area (Å²) >= 11 is 5.98. The molecule has 19 heavy (non-hydrogen) atoms. The molecule has 4 nitrogen and oxygen atoms in total. The summed E-state index contributed by atoms with van der Waals surface area (Å²) in [5.41, 5.74) is -1.13. The number of rotatable bonds is 4.